The van der Waals surface area contributed by atoms with Crippen molar-refractivity contribution in [3.05, 3.63) is 96.6 Å². The van der Waals surface area contributed by atoms with Gasteiger partial charge in [0, 0.05) is 16.2 Å². The van der Waals surface area contributed by atoms with E-state index < -0.39 is 13.1 Å². The van der Waals surface area contributed by atoms with Crippen molar-refractivity contribution in [1.82, 2.24) is 0 Å². The van der Waals surface area contributed by atoms with Crippen molar-refractivity contribution in [3.8, 4) is 0 Å². The van der Waals surface area contributed by atoms with Gasteiger partial charge in [-0.3, -0.25) is 9.59 Å². The van der Waals surface area contributed by atoms with Gasteiger partial charge >= 0.3 is 5.97 Å². The Morgan fingerprint density at radius 1 is 0.704 bits per heavy atom. The van der Waals surface area contributed by atoms with Crippen LogP contribution in [0, 0.1) is 0 Å². The number of esters is 1. The maximum absolute atomic E-state index is 13.8. The fraction of sp³-hybridized carbons (Fsp3) is 0.0909. The van der Waals surface area contributed by atoms with Crippen molar-refractivity contribution in [2.75, 3.05) is 12.8 Å². The predicted molar refractivity (Wildman–Crippen MR) is 106 cm³/mol. The van der Waals surface area contributed by atoms with Crippen LogP contribution in [0.4, 0.5) is 0 Å². The average molecular weight is 378 g/mol. The number of benzene rings is 3. The first-order valence-corrected chi connectivity index (χ1v) is 10.4. The minimum absolute atomic E-state index is 0.289. The first-order valence-electron chi connectivity index (χ1n) is 8.54. The molecule has 5 heteroatoms. The fourth-order valence-corrected chi connectivity index (χ4v) is 5.18. The third-order valence-electron chi connectivity index (χ3n) is 4.16. The van der Waals surface area contributed by atoms with E-state index in [1.54, 1.807) is 78.9 Å². The summed E-state index contributed by atoms with van der Waals surface area (Å²) in [6, 6.07) is 26.4. The van der Waals surface area contributed by atoms with Crippen molar-refractivity contribution in [2.45, 2.75) is 0 Å². The van der Waals surface area contributed by atoms with E-state index in [1.165, 1.54) is 0 Å². The molecule has 0 unspecified atom stereocenters. The van der Waals surface area contributed by atoms with E-state index in [1.807, 2.05) is 12.1 Å². The van der Waals surface area contributed by atoms with Crippen LogP contribution in [0.3, 0.4) is 0 Å². The molecule has 0 bridgehead atoms. The number of hydrogen-bond donors (Lipinski definition) is 0. The second kappa shape index (κ2) is 8.61. The van der Waals surface area contributed by atoms with Gasteiger partial charge in [0.2, 0.25) is 0 Å². The molecule has 27 heavy (non-hydrogen) atoms. The molecule has 0 saturated carbocycles. The monoisotopic (exact) mass is 378 g/mol. The summed E-state index contributed by atoms with van der Waals surface area (Å²) in [5.41, 5.74) is 0.472. The van der Waals surface area contributed by atoms with Gasteiger partial charge in [-0.05, 0) is 0 Å². The van der Waals surface area contributed by atoms with Crippen LogP contribution in [0.5, 0.6) is 0 Å². The number of rotatable bonds is 7. The van der Waals surface area contributed by atoms with Crippen molar-refractivity contribution in [2.24, 2.45) is 0 Å². The zero-order valence-corrected chi connectivity index (χ0v) is 15.5. The molecule has 0 amide bonds. The van der Waals surface area contributed by atoms with Crippen LogP contribution in [0.15, 0.2) is 91.0 Å². The topological polar surface area (TPSA) is 60.4 Å². The summed E-state index contributed by atoms with van der Waals surface area (Å²) in [6.07, 6.45) is -0.289. The zero-order chi connectivity index (χ0) is 19.1. The van der Waals surface area contributed by atoms with E-state index in [0.29, 0.717) is 16.2 Å². The molecular weight excluding hydrogens is 359 g/mol. The maximum Gasteiger partial charge on any atom is 0.314 e. The Hall–Kier alpha value is -2.97. The molecule has 0 spiro atoms. The lowest BCUT2D eigenvalue weighted by atomic mass is 10.1. The van der Waals surface area contributed by atoms with Crippen LogP contribution >= 0.6 is 7.14 Å². The summed E-state index contributed by atoms with van der Waals surface area (Å²) in [5, 5.41) is 1.17. The fourth-order valence-electron chi connectivity index (χ4n) is 2.75. The lowest BCUT2D eigenvalue weighted by Crippen LogP contribution is -2.25. The molecule has 136 valence electrons. The Morgan fingerprint density at radius 3 is 1.63 bits per heavy atom. The van der Waals surface area contributed by atoms with Crippen molar-refractivity contribution in [3.63, 3.8) is 0 Å². The van der Waals surface area contributed by atoms with E-state index in [0.717, 1.165) is 0 Å². The largest absolute Gasteiger partial charge is 0.457 e. The number of carbonyl (C=O) groups is 2. The van der Waals surface area contributed by atoms with E-state index in [-0.39, 0.29) is 18.6 Å². The molecule has 0 N–H and O–H groups in total. The van der Waals surface area contributed by atoms with Crippen LogP contribution in [-0.4, -0.2) is 24.5 Å². The van der Waals surface area contributed by atoms with Crippen LogP contribution in [0.2, 0.25) is 0 Å². The summed E-state index contributed by atoms with van der Waals surface area (Å²) in [4.78, 5) is 24.5. The summed E-state index contributed by atoms with van der Waals surface area (Å²) in [7, 11) is -3.20. The van der Waals surface area contributed by atoms with Crippen molar-refractivity contribution in [1.29, 1.82) is 0 Å². The van der Waals surface area contributed by atoms with Gasteiger partial charge in [0.15, 0.2) is 19.5 Å². The smallest absolute Gasteiger partial charge is 0.314 e. The second-order valence-electron chi connectivity index (χ2n) is 6.02. The van der Waals surface area contributed by atoms with Crippen molar-refractivity contribution < 1.29 is 18.9 Å². The Kier molecular flexibility index (Phi) is 6.00. The van der Waals surface area contributed by atoms with Crippen LogP contribution in [-0.2, 0) is 14.1 Å². The Balaban J connectivity index is 1.76. The standard InChI is InChI=1S/C22H19O4P/c23-21(18-10-4-1-5-11-18)16-26-22(24)17-27(25,19-12-6-2-7-13-19)20-14-8-3-9-15-20/h1-15H,16-17H2. The molecule has 0 fully saturated rings. The lowest BCUT2D eigenvalue weighted by molar-refractivity contribution is -0.139. The molecule has 0 aromatic heterocycles. The molecule has 0 aliphatic carbocycles. The number of ketones is 1. The van der Waals surface area contributed by atoms with Gasteiger partial charge in [0.1, 0.15) is 6.16 Å². The highest BCUT2D eigenvalue weighted by molar-refractivity contribution is 7.79. The Labute approximate surface area is 158 Å². The molecule has 0 aliphatic heterocycles. The molecule has 3 rings (SSSR count). The van der Waals surface area contributed by atoms with Gasteiger partial charge in [-0.2, -0.15) is 0 Å². The molecule has 0 aliphatic rings. The zero-order valence-electron chi connectivity index (χ0n) is 14.7. The van der Waals surface area contributed by atoms with Gasteiger partial charge in [-0.15, -0.1) is 0 Å². The maximum atomic E-state index is 13.8. The second-order valence-corrected chi connectivity index (χ2v) is 8.85. The van der Waals surface area contributed by atoms with Gasteiger partial charge in [0.25, 0.3) is 0 Å². The lowest BCUT2D eigenvalue weighted by Gasteiger charge is -2.18. The first-order chi connectivity index (χ1) is 13.1. The quantitative estimate of drug-likeness (QED) is 0.359. The highest BCUT2D eigenvalue weighted by Gasteiger charge is 2.31. The molecule has 4 nitrogen and oxygen atoms in total. The summed E-state index contributed by atoms with van der Waals surface area (Å²) in [5.74, 6) is -0.950. The third kappa shape index (κ3) is 4.60. The predicted octanol–water partition coefficient (Wildman–Crippen LogP) is 3.43. The average Bonchev–Trinajstić information content (AvgIpc) is 2.74. The summed E-state index contributed by atoms with van der Waals surface area (Å²) >= 11 is 0. The van der Waals surface area contributed by atoms with Gasteiger partial charge in [-0.25, -0.2) is 0 Å². The van der Waals surface area contributed by atoms with E-state index in [2.05, 4.69) is 0 Å². The highest BCUT2D eigenvalue weighted by Crippen LogP contribution is 2.43. The minimum atomic E-state index is -3.20. The molecular formula is C22H19O4P. The van der Waals surface area contributed by atoms with Gasteiger partial charge in [0.05, 0.1) is 0 Å². The van der Waals surface area contributed by atoms with Crippen LogP contribution in [0.25, 0.3) is 0 Å². The highest BCUT2D eigenvalue weighted by atomic mass is 31.2. The molecule has 3 aromatic rings. The van der Waals surface area contributed by atoms with Gasteiger partial charge in [-0.1, -0.05) is 91.0 Å². The van der Waals surface area contributed by atoms with E-state index in [9.17, 15) is 14.2 Å². The number of carbonyl (C=O) groups excluding carboxylic acids is 2. The van der Waals surface area contributed by atoms with E-state index in [4.69, 9.17) is 4.74 Å². The SMILES string of the molecule is O=C(CP(=O)(c1ccccc1)c1ccccc1)OCC(=O)c1ccccc1. The number of Topliss-reactive ketones (excluding diaryl/α,β-unsaturated/α-hetero) is 1. The van der Waals surface area contributed by atoms with Crippen LogP contribution < -0.4 is 10.6 Å². The first kappa shape index (κ1) is 18.8. The minimum Gasteiger partial charge on any atom is -0.457 e. The van der Waals surface area contributed by atoms with E-state index >= 15 is 0 Å². The molecule has 0 saturated heterocycles. The third-order valence-corrected chi connectivity index (χ3v) is 7.13. The number of ether oxygens (including phenoxy) is 1. The Morgan fingerprint density at radius 2 is 1.15 bits per heavy atom. The molecule has 0 radical (unpaired) electrons. The van der Waals surface area contributed by atoms with Crippen LogP contribution in [0.1, 0.15) is 10.4 Å². The summed E-state index contributed by atoms with van der Waals surface area (Å²) < 4.78 is 18.9. The Bertz CT molecular complexity index is 910. The van der Waals surface area contributed by atoms with Gasteiger partial charge < -0.3 is 9.30 Å². The molecule has 0 heterocycles. The normalized spacial score (nSPS) is 11.0. The van der Waals surface area contributed by atoms with Crippen molar-refractivity contribution >= 4 is 29.5 Å². The molecule has 0 atom stereocenters. The summed E-state index contributed by atoms with van der Waals surface area (Å²) in [6.45, 7) is -0.369. The molecule has 3 aromatic carbocycles. The number of hydrogen-bond acceptors (Lipinski definition) is 4.